The highest BCUT2D eigenvalue weighted by molar-refractivity contribution is 5.78. The Morgan fingerprint density at radius 3 is 2.08 bits per heavy atom. The molecule has 0 aromatic rings. The van der Waals surface area contributed by atoms with Gasteiger partial charge < -0.3 is 5.11 Å². The standard InChI is InChI=1S/C10H19NO2/c1-3-10(4-2,9(12)13)11-7-5-6-8-11/h3-8H2,1-2H3,(H,12,13). The molecule has 3 nitrogen and oxygen atoms in total. The Labute approximate surface area is 79.7 Å². The molecule has 0 radical (unpaired) electrons. The Hall–Kier alpha value is -0.570. The lowest BCUT2D eigenvalue weighted by molar-refractivity contribution is -0.151. The molecular weight excluding hydrogens is 166 g/mol. The fourth-order valence-corrected chi connectivity index (χ4v) is 2.28. The quantitative estimate of drug-likeness (QED) is 0.725. The summed E-state index contributed by atoms with van der Waals surface area (Å²) in [6.45, 7) is 5.84. The van der Waals surface area contributed by atoms with Crippen LogP contribution in [0.4, 0.5) is 0 Å². The zero-order valence-corrected chi connectivity index (χ0v) is 8.55. The second-order valence-corrected chi connectivity index (χ2v) is 3.74. The third-order valence-electron chi connectivity index (χ3n) is 3.28. The molecular formula is C10H19NO2. The van der Waals surface area contributed by atoms with Crippen LogP contribution in [-0.2, 0) is 4.79 Å². The zero-order chi connectivity index (χ0) is 9.90. The molecule has 1 aliphatic rings. The summed E-state index contributed by atoms with van der Waals surface area (Å²) in [5.41, 5.74) is -0.587. The summed E-state index contributed by atoms with van der Waals surface area (Å²) < 4.78 is 0. The third kappa shape index (κ3) is 1.70. The largest absolute Gasteiger partial charge is 0.480 e. The van der Waals surface area contributed by atoms with Gasteiger partial charge in [-0.15, -0.1) is 0 Å². The number of hydrogen-bond donors (Lipinski definition) is 1. The zero-order valence-electron chi connectivity index (χ0n) is 8.55. The minimum absolute atomic E-state index is 0.587. The van der Waals surface area contributed by atoms with Crippen LogP contribution in [0.1, 0.15) is 39.5 Å². The minimum atomic E-state index is -0.653. The maximum Gasteiger partial charge on any atom is 0.324 e. The van der Waals surface area contributed by atoms with Crippen LogP contribution in [0.2, 0.25) is 0 Å². The predicted molar refractivity (Wildman–Crippen MR) is 51.8 cm³/mol. The van der Waals surface area contributed by atoms with E-state index in [1.54, 1.807) is 0 Å². The summed E-state index contributed by atoms with van der Waals surface area (Å²) in [6, 6.07) is 0. The van der Waals surface area contributed by atoms with Crippen LogP contribution >= 0.6 is 0 Å². The van der Waals surface area contributed by atoms with E-state index in [9.17, 15) is 9.90 Å². The van der Waals surface area contributed by atoms with Gasteiger partial charge in [0, 0.05) is 0 Å². The molecule has 0 bridgehead atoms. The number of rotatable bonds is 4. The molecule has 3 heteroatoms. The van der Waals surface area contributed by atoms with Gasteiger partial charge in [-0.3, -0.25) is 9.69 Å². The average Bonchev–Trinajstić information content (AvgIpc) is 2.60. The second-order valence-electron chi connectivity index (χ2n) is 3.74. The van der Waals surface area contributed by atoms with Crippen LogP contribution in [0.5, 0.6) is 0 Å². The molecule has 1 N–H and O–H groups in total. The van der Waals surface area contributed by atoms with Gasteiger partial charge in [-0.25, -0.2) is 0 Å². The third-order valence-corrected chi connectivity index (χ3v) is 3.28. The molecule has 1 rings (SSSR count). The minimum Gasteiger partial charge on any atom is -0.480 e. The monoisotopic (exact) mass is 185 g/mol. The number of carboxylic acid groups (broad SMARTS) is 1. The number of nitrogens with zero attached hydrogens (tertiary/aromatic N) is 1. The van der Waals surface area contributed by atoms with Crippen LogP contribution < -0.4 is 0 Å². The Kier molecular flexibility index (Phi) is 3.31. The van der Waals surface area contributed by atoms with Crippen LogP contribution in [0.15, 0.2) is 0 Å². The van der Waals surface area contributed by atoms with Gasteiger partial charge in [0.1, 0.15) is 5.54 Å². The van der Waals surface area contributed by atoms with E-state index in [1.807, 2.05) is 13.8 Å². The summed E-state index contributed by atoms with van der Waals surface area (Å²) in [7, 11) is 0. The van der Waals surface area contributed by atoms with Crippen molar-refractivity contribution in [1.29, 1.82) is 0 Å². The first-order valence-corrected chi connectivity index (χ1v) is 5.16. The van der Waals surface area contributed by atoms with Gasteiger partial charge in [0.15, 0.2) is 0 Å². The predicted octanol–water partition coefficient (Wildman–Crippen LogP) is 1.73. The van der Waals surface area contributed by atoms with Crippen molar-refractivity contribution in [2.75, 3.05) is 13.1 Å². The lowest BCUT2D eigenvalue weighted by atomic mass is 9.91. The summed E-state index contributed by atoms with van der Waals surface area (Å²) in [4.78, 5) is 13.4. The van der Waals surface area contributed by atoms with Crippen molar-refractivity contribution in [3.8, 4) is 0 Å². The van der Waals surface area contributed by atoms with Crippen LogP contribution in [-0.4, -0.2) is 34.6 Å². The molecule has 1 saturated heterocycles. The lowest BCUT2D eigenvalue weighted by Crippen LogP contribution is -2.52. The van der Waals surface area contributed by atoms with E-state index in [-0.39, 0.29) is 0 Å². The van der Waals surface area contributed by atoms with E-state index in [0.29, 0.717) is 12.8 Å². The van der Waals surface area contributed by atoms with Crippen molar-refractivity contribution in [1.82, 2.24) is 4.90 Å². The topological polar surface area (TPSA) is 40.5 Å². The van der Waals surface area contributed by atoms with E-state index >= 15 is 0 Å². The van der Waals surface area contributed by atoms with E-state index in [2.05, 4.69) is 4.90 Å². The highest BCUT2D eigenvalue weighted by Gasteiger charge is 2.41. The van der Waals surface area contributed by atoms with Crippen LogP contribution in [0.25, 0.3) is 0 Å². The number of carbonyl (C=O) groups is 1. The summed E-state index contributed by atoms with van der Waals surface area (Å²) in [5.74, 6) is -0.653. The molecule has 0 atom stereocenters. The average molecular weight is 185 g/mol. The van der Waals surface area contributed by atoms with Crippen molar-refractivity contribution in [3.05, 3.63) is 0 Å². The highest BCUT2D eigenvalue weighted by Crippen LogP contribution is 2.28. The first kappa shape index (κ1) is 10.5. The van der Waals surface area contributed by atoms with Crippen molar-refractivity contribution in [2.45, 2.75) is 45.1 Å². The maximum absolute atomic E-state index is 11.2. The smallest absolute Gasteiger partial charge is 0.324 e. The van der Waals surface area contributed by atoms with Gasteiger partial charge in [-0.1, -0.05) is 13.8 Å². The Balaban J connectivity index is 2.80. The molecule has 0 aromatic carbocycles. The molecule has 0 aromatic heterocycles. The Morgan fingerprint density at radius 1 is 1.31 bits per heavy atom. The van der Waals surface area contributed by atoms with Crippen molar-refractivity contribution in [3.63, 3.8) is 0 Å². The van der Waals surface area contributed by atoms with E-state index in [0.717, 1.165) is 25.9 Å². The van der Waals surface area contributed by atoms with Gasteiger partial charge >= 0.3 is 5.97 Å². The van der Waals surface area contributed by atoms with Gasteiger partial charge in [-0.05, 0) is 38.8 Å². The molecule has 0 saturated carbocycles. The molecule has 76 valence electrons. The van der Waals surface area contributed by atoms with Gasteiger partial charge in [-0.2, -0.15) is 0 Å². The van der Waals surface area contributed by atoms with Gasteiger partial charge in [0.2, 0.25) is 0 Å². The molecule has 13 heavy (non-hydrogen) atoms. The van der Waals surface area contributed by atoms with Crippen molar-refractivity contribution >= 4 is 5.97 Å². The number of likely N-dealkylation sites (tertiary alicyclic amines) is 1. The lowest BCUT2D eigenvalue weighted by Gasteiger charge is -2.36. The molecule has 1 fully saturated rings. The van der Waals surface area contributed by atoms with E-state index in [4.69, 9.17) is 0 Å². The first-order valence-electron chi connectivity index (χ1n) is 5.16. The first-order chi connectivity index (χ1) is 6.17. The molecule has 1 heterocycles. The fraction of sp³-hybridized carbons (Fsp3) is 0.900. The molecule has 0 spiro atoms. The Morgan fingerprint density at radius 2 is 1.77 bits per heavy atom. The van der Waals surface area contributed by atoms with E-state index in [1.165, 1.54) is 0 Å². The van der Waals surface area contributed by atoms with Crippen molar-refractivity contribution in [2.24, 2.45) is 0 Å². The van der Waals surface area contributed by atoms with Crippen molar-refractivity contribution < 1.29 is 9.90 Å². The van der Waals surface area contributed by atoms with Crippen LogP contribution in [0, 0.1) is 0 Å². The SMILES string of the molecule is CCC(CC)(C(=O)O)N1CCCC1. The van der Waals surface area contributed by atoms with Crippen LogP contribution in [0.3, 0.4) is 0 Å². The number of aliphatic carboxylic acids is 1. The molecule has 0 amide bonds. The molecule has 0 aliphatic carbocycles. The molecule has 1 aliphatic heterocycles. The van der Waals surface area contributed by atoms with Gasteiger partial charge in [0.25, 0.3) is 0 Å². The van der Waals surface area contributed by atoms with E-state index < -0.39 is 11.5 Å². The summed E-state index contributed by atoms with van der Waals surface area (Å²) in [5, 5.41) is 9.24. The fourth-order valence-electron chi connectivity index (χ4n) is 2.28. The Bertz CT molecular complexity index is 181. The highest BCUT2D eigenvalue weighted by atomic mass is 16.4. The molecule has 0 unspecified atom stereocenters. The summed E-state index contributed by atoms with van der Waals surface area (Å²) in [6.07, 6.45) is 3.71. The maximum atomic E-state index is 11.2. The summed E-state index contributed by atoms with van der Waals surface area (Å²) >= 11 is 0. The normalized spacial score (nSPS) is 19.2. The number of hydrogen-bond acceptors (Lipinski definition) is 2. The number of carboxylic acids is 1. The van der Waals surface area contributed by atoms with Gasteiger partial charge in [0.05, 0.1) is 0 Å². The second kappa shape index (κ2) is 4.09.